The van der Waals surface area contributed by atoms with E-state index in [1.165, 1.54) is 0 Å². The van der Waals surface area contributed by atoms with Crippen molar-refractivity contribution in [3.8, 4) is 22.6 Å². The Morgan fingerprint density at radius 2 is 1.59 bits per heavy atom. The predicted molar refractivity (Wildman–Crippen MR) is 97.7 cm³/mol. The minimum absolute atomic E-state index is 0.00594. The summed E-state index contributed by atoms with van der Waals surface area (Å²) in [5.74, 6) is 0.508. The molecule has 2 heterocycles. The van der Waals surface area contributed by atoms with E-state index in [0.717, 1.165) is 11.1 Å². The van der Waals surface area contributed by atoms with Crippen LogP contribution in [0.15, 0.2) is 75.8 Å². The molecule has 0 amide bonds. The molecule has 0 atom stereocenters. The van der Waals surface area contributed by atoms with Gasteiger partial charge >= 0.3 is 5.97 Å². The largest absolute Gasteiger partial charge is 0.455 e. The number of aromatic nitrogens is 2. The molecule has 4 aromatic rings. The first-order valence-corrected chi connectivity index (χ1v) is 8.42. The molecule has 2 aromatic carbocycles. The van der Waals surface area contributed by atoms with Gasteiger partial charge in [-0.3, -0.25) is 0 Å². The molecule has 0 fully saturated rings. The summed E-state index contributed by atoms with van der Waals surface area (Å²) in [5.41, 5.74) is 2.99. The third kappa shape index (κ3) is 3.50. The van der Waals surface area contributed by atoms with Gasteiger partial charge in [0.2, 0.25) is 0 Å². The molecule has 0 aliphatic carbocycles. The van der Waals surface area contributed by atoms with E-state index < -0.39 is 5.97 Å². The first-order chi connectivity index (χ1) is 13.2. The summed E-state index contributed by atoms with van der Waals surface area (Å²) in [5, 5.41) is 7.95. The monoisotopic (exact) mass is 360 g/mol. The van der Waals surface area contributed by atoms with Gasteiger partial charge in [0.1, 0.15) is 29.3 Å². The second-order valence-electron chi connectivity index (χ2n) is 5.95. The highest BCUT2D eigenvalue weighted by Gasteiger charge is 2.23. The lowest BCUT2D eigenvalue weighted by Crippen LogP contribution is -2.07. The zero-order chi connectivity index (χ0) is 18.6. The zero-order valence-corrected chi connectivity index (χ0v) is 14.6. The normalized spacial score (nSPS) is 10.7. The fourth-order valence-corrected chi connectivity index (χ4v) is 2.74. The van der Waals surface area contributed by atoms with E-state index in [-0.39, 0.29) is 6.61 Å². The van der Waals surface area contributed by atoms with Crippen molar-refractivity contribution in [1.29, 1.82) is 0 Å². The highest BCUT2D eigenvalue weighted by atomic mass is 16.5. The molecule has 0 saturated carbocycles. The van der Waals surface area contributed by atoms with Gasteiger partial charge in [-0.15, -0.1) is 0 Å². The lowest BCUT2D eigenvalue weighted by atomic mass is 10.1. The Hall–Kier alpha value is -3.67. The van der Waals surface area contributed by atoms with Crippen molar-refractivity contribution in [2.24, 2.45) is 0 Å². The van der Waals surface area contributed by atoms with Crippen molar-refractivity contribution in [1.82, 2.24) is 10.3 Å². The quantitative estimate of drug-likeness (QED) is 0.482. The molecule has 0 radical (unpaired) electrons. The van der Waals surface area contributed by atoms with Crippen LogP contribution in [0.3, 0.4) is 0 Å². The molecule has 0 N–H and O–H groups in total. The molecule has 0 bridgehead atoms. The van der Waals surface area contributed by atoms with E-state index in [4.69, 9.17) is 13.8 Å². The molecule has 0 aliphatic heterocycles. The van der Waals surface area contributed by atoms with Crippen LogP contribution >= 0.6 is 0 Å². The number of carbonyl (C=O) groups excluding carboxylic acids is 1. The third-order valence-electron chi connectivity index (χ3n) is 4.08. The average molecular weight is 360 g/mol. The highest BCUT2D eigenvalue weighted by molar-refractivity contribution is 5.97. The molecule has 2 aromatic heterocycles. The van der Waals surface area contributed by atoms with E-state index in [1.807, 2.05) is 60.7 Å². The number of aryl methyl sites for hydroxylation is 1. The SMILES string of the molecule is Cc1onc(-c2ccccc2)c1C(=O)OCc1cc(-c2ccccc2)on1. The maximum atomic E-state index is 12.6. The summed E-state index contributed by atoms with van der Waals surface area (Å²) in [4.78, 5) is 12.6. The maximum Gasteiger partial charge on any atom is 0.344 e. The van der Waals surface area contributed by atoms with Crippen LogP contribution < -0.4 is 0 Å². The Balaban J connectivity index is 1.50. The van der Waals surface area contributed by atoms with E-state index in [2.05, 4.69) is 10.3 Å². The van der Waals surface area contributed by atoms with Crippen LogP contribution in [0.1, 0.15) is 21.8 Å². The molecule has 0 unspecified atom stereocenters. The number of hydrogen-bond acceptors (Lipinski definition) is 6. The first kappa shape index (κ1) is 16.8. The first-order valence-electron chi connectivity index (χ1n) is 8.42. The van der Waals surface area contributed by atoms with Crippen LogP contribution in [0.2, 0.25) is 0 Å². The van der Waals surface area contributed by atoms with Crippen molar-refractivity contribution in [3.05, 3.63) is 83.7 Å². The van der Waals surface area contributed by atoms with Crippen LogP contribution in [0.4, 0.5) is 0 Å². The number of esters is 1. The topological polar surface area (TPSA) is 78.4 Å². The highest BCUT2D eigenvalue weighted by Crippen LogP contribution is 2.26. The average Bonchev–Trinajstić information content (AvgIpc) is 3.34. The molecular formula is C21H16N2O4. The van der Waals surface area contributed by atoms with Crippen LogP contribution in [0.25, 0.3) is 22.6 Å². The standard InChI is InChI=1S/C21H16N2O4/c1-14-19(20(23-26-14)16-10-6-3-7-11-16)21(24)25-13-17-12-18(27-22-17)15-8-4-2-5-9-15/h2-12H,13H2,1H3. The maximum absolute atomic E-state index is 12.6. The van der Waals surface area contributed by atoms with E-state index in [0.29, 0.717) is 28.5 Å². The summed E-state index contributed by atoms with van der Waals surface area (Å²) in [6, 6.07) is 20.7. The smallest absolute Gasteiger partial charge is 0.344 e. The molecule has 27 heavy (non-hydrogen) atoms. The molecule has 134 valence electrons. The fraction of sp³-hybridized carbons (Fsp3) is 0.0952. The summed E-state index contributed by atoms with van der Waals surface area (Å²) >= 11 is 0. The summed E-state index contributed by atoms with van der Waals surface area (Å²) in [6.07, 6.45) is 0. The van der Waals surface area contributed by atoms with Crippen molar-refractivity contribution in [2.45, 2.75) is 13.5 Å². The van der Waals surface area contributed by atoms with Crippen molar-refractivity contribution in [2.75, 3.05) is 0 Å². The Kier molecular flexibility index (Phi) is 4.53. The van der Waals surface area contributed by atoms with Crippen LogP contribution in [0.5, 0.6) is 0 Å². The molecule has 0 aliphatic rings. The zero-order valence-electron chi connectivity index (χ0n) is 14.6. The minimum atomic E-state index is -0.517. The molecule has 6 heteroatoms. The van der Waals surface area contributed by atoms with Crippen LogP contribution in [0, 0.1) is 6.92 Å². The Bertz CT molecular complexity index is 1050. The summed E-state index contributed by atoms with van der Waals surface area (Å²) in [6.45, 7) is 1.67. The van der Waals surface area contributed by atoms with Crippen molar-refractivity contribution in [3.63, 3.8) is 0 Å². The third-order valence-corrected chi connectivity index (χ3v) is 4.08. The Morgan fingerprint density at radius 3 is 2.30 bits per heavy atom. The van der Waals surface area contributed by atoms with Crippen molar-refractivity contribution < 1.29 is 18.6 Å². The van der Waals surface area contributed by atoms with Gasteiger partial charge in [0.15, 0.2) is 5.76 Å². The second kappa shape index (κ2) is 7.29. The summed E-state index contributed by atoms with van der Waals surface area (Å²) in [7, 11) is 0. The van der Waals surface area contributed by atoms with Gasteiger partial charge in [-0.05, 0) is 6.92 Å². The summed E-state index contributed by atoms with van der Waals surface area (Å²) < 4.78 is 15.9. The molecule has 0 spiro atoms. The number of nitrogens with zero attached hydrogens (tertiary/aromatic N) is 2. The van der Waals surface area contributed by atoms with Crippen molar-refractivity contribution >= 4 is 5.97 Å². The molecule has 6 nitrogen and oxygen atoms in total. The van der Waals surface area contributed by atoms with Gasteiger partial charge in [0.25, 0.3) is 0 Å². The molecular weight excluding hydrogens is 344 g/mol. The predicted octanol–water partition coefficient (Wildman–Crippen LogP) is 4.66. The number of ether oxygens (including phenoxy) is 1. The lowest BCUT2D eigenvalue weighted by molar-refractivity contribution is 0.0463. The van der Waals surface area contributed by atoms with Gasteiger partial charge < -0.3 is 13.8 Å². The number of hydrogen-bond donors (Lipinski definition) is 0. The number of benzene rings is 2. The number of rotatable bonds is 5. The number of carbonyl (C=O) groups is 1. The fourth-order valence-electron chi connectivity index (χ4n) is 2.74. The van der Waals surface area contributed by atoms with Crippen LogP contribution in [-0.4, -0.2) is 16.3 Å². The van der Waals surface area contributed by atoms with Gasteiger partial charge in [-0.1, -0.05) is 71.0 Å². The van der Waals surface area contributed by atoms with E-state index in [1.54, 1.807) is 13.0 Å². The Morgan fingerprint density at radius 1 is 0.926 bits per heavy atom. The van der Waals surface area contributed by atoms with Gasteiger partial charge in [-0.2, -0.15) is 0 Å². The second-order valence-corrected chi connectivity index (χ2v) is 5.95. The van der Waals surface area contributed by atoms with Gasteiger partial charge in [0.05, 0.1) is 0 Å². The minimum Gasteiger partial charge on any atom is -0.455 e. The van der Waals surface area contributed by atoms with E-state index in [9.17, 15) is 4.79 Å². The van der Waals surface area contributed by atoms with Gasteiger partial charge in [-0.25, -0.2) is 4.79 Å². The van der Waals surface area contributed by atoms with Crippen LogP contribution in [-0.2, 0) is 11.3 Å². The van der Waals surface area contributed by atoms with E-state index >= 15 is 0 Å². The molecule has 0 saturated heterocycles. The molecule has 4 rings (SSSR count). The Labute approximate surface area is 155 Å². The lowest BCUT2D eigenvalue weighted by Gasteiger charge is -2.03. The van der Waals surface area contributed by atoms with Gasteiger partial charge in [0, 0.05) is 17.2 Å².